The Kier molecular flexibility index (Phi) is 8.51. The zero-order chi connectivity index (χ0) is 18.3. The van der Waals surface area contributed by atoms with Crippen LogP contribution in [0.1, 0.15) is 0 Å². The summed E-state index contributed by atoms with van der Waals surface area (Å²) < 4.78 is 11.6. The molecule has 4 heterocycles. The lowest BCUT2D eigenvalue weighted by molar-refractivity contribution is 1.61. The van der Waals surface area contributed by atoms with E-state index in [1.165, 1.54) is 43.7 Å². The van der Waals surface area contributed by atoms with Crippen LogP contribution < -0.4 is 0 Å². The summed E-state index contributed by atoms with van der Waals surface area (Å²) in [6.45, 7) is 0. The Hall–Kier alpha value is 2.90. The lowest BCUT2D eigenvalue weighted by Crippen LogP contribution is -1.80. The highest BCUT2D eigenvalue weighted by molar-refractivity contribution is 8.50. The van der Waals surface area contributed by atoms with E-state index in [4.69, 9.17) is 0 Å². The summed E-state index contributed by atoms with van der Waals surface area (Å²) in [5, 5.41) is 0. The maximum atomic E-state index is 4.47. The topological polar surface area (TPSA) is 0 Å². The van der Waals surface area contributed by atoms with Crippen molar-refractivity contribution in [3.63, 3.8) is 0 Å². The van der Waals surface area contributed by atoms with E-state index in [0.29, 0.717) is 0 Å². The van der Waals surface area contributed by atoms with Gasteiger partial charge in [-0.25, -0.2) is 0 Å². The van der Waals surface area contributed by atoms with E-state index < -0.39 is 0 Å². The predicted molar refractivity (Wildman–Crippen MR) is 151 cm³/mol. The van der Waals surface area contributed by atoms with Crippen LogP contribution >= 0.6 is 143 Å². The first-order valence-electron chi connectivity index (χ1n) is 7.08. The van der Waals surface area contributed by atoms with Gasteiger partial charge in [0.05, 0.1) is 33.9 Å². The van der Waals surface area contributed by atoms with Gasteiger partial charge >= 0.3 is 0 Å². The summed E-state index contributed by atoms with van der Waals surface area (Å²) in [6, 6.07) is 0. The van der Waals surface area contributed by atoms with E-state index >= 15 is 0 Å². The number of thioether (sulfide) groups is 10. The largest absolute Gasteiger partial charge is 0.174 e. The third-order valence-electron chi connectivity index (χ3n) is 3.18. The van der Waals surface area contributed by atoms with E-state index in [0.717, 1.165) is 11.5 Å². The summed E-state index contributed by atoms with van der Waals surface area (Å²) >= 11 is 28.2. The molecule has 140 valence electrons. The fourth-order valence-corrected chi connectivity index (χ4v) is 17.5. The van der Waals surface area contributed by atoms with Gasteiger partial charge in [0.2, 0.25) is 0 Å². The molecule has 0 aromatic rings. The first kappa shape index (κ1) is 22.1. The minimum atomic E-state index is 0.809. The molecule has 0 N–H and O–H groups in total. The minimum absolute atomic E-state index is 0.809. The summed E-state index contributed by atoms with van der Waals surface area (Å²) in [4.78, 5) is 2.73. The molecule has 0 nitrogen and oxygen atoms in total. The smallest absolute Gasteiger partial charge is 0.0718 e. The molecule has 0 saturated carbocycles. The molecule has 0 fully saturated rings. The van der Waals surface area contributed by atoms with Crippen LogP contribution in [0, 0.1) is 0 Å². The van der Waals surface area contributed by atoms with Gasteiger partial charge in [-0.1, -0.05) is 94.1 Å². The van der Waals surface area contributed by atoms with Crippen molar-refractivity contribution in [3.05, 3.63) is 43.7 Å². The van der Waals surface area contributed by atoms with Gasteiger partial charge in [-0.2, -0.15) is 25.3 Å². The van der Waals surface area contributed by atoms with E-state index in [1.54, 1.807) is 0 Å². The Balaban J connectivity index is 1.44. The van der Waals surface area contributed by atoms with Crippen molar-refractivity contribution in [3.8, 4) is 0 Å². The second kappa shape index (κ2) is 10.0. The molecule has 0 aromatic heterocycles. The monoisotopic (exact) mass is 564 g/mol. The van der Waals surface area contributed by atoms with Crippen LogP contribution in [0.3, 0.4) is 0 Å². The summed E-state index contributed by atoms with van der Waals surface area (Å²) in [5.74, 6) is 1.62. The Labute approximate surface area is 208 Å². The van der Waals surface area contributed by atoms with Crippen LogP contribution in [-0.2, 0) is 0 Å². The molecule has 0 unspecified atom stereocenters. The van der Waals surface area contributed by atoms with Crippen LogP contribution in [0.15, 0.2) is 43.7 Å². The molecular formula is C14H12S12. The van der Waals surface area contributed by atoms with Gasteiger partial charge in [-0.15, -0.1) is 23.5 Å². The van der Waals surface area contributed by atoms with Crippen LogP contribution in [0.25, 0.3) is 0 Å². The van der Waals surface area contributed by atoms with Gasteiger partial charge in [-0.05, 0) is 12.5 Å². The molecule has 0 saturated heterocycles. The van der Waals surface area contributed by atoms with Gasteiger partial charge in [0.15, 0.2) is 0 Å². The fraction of sp³-hybridized carbons (Fsp3) is 0.286. The predicted octanol–water partition coefficient (Wildman–Crippen LogP) is 9.21. The molecule has 0 bridgehead atoms. The van der Waals surface area contributed by atoms with Crippen molar-refractivity contribution in [1.82, 2.24) is 0 Å². The van der Waals surface area contributed by atoms with E-state index in [9.17, 15) is 0 Å². The maximum absolute atomic E-state index is 4.47. The van der Waals surface area contributed by atoms with Crippen LogP contribution in [0.2, 0.25) is 0 Å². The highest BCUT2D eigenvalue weighted by atomic mass is 32.3. The fourth-order valence-electron chi connectivity index (χ4n) is 2.04. The molecule has 4 aliphatic heterocycles. The number of hydrogen-bond acceptors (Lipinski definition) is 12. The average Bonchev–Trinajstić information content (AvgIpc) is 3.39. The summed E-state index contributed by atoms with van der Waals surface area (Å²) in [7, 11) is 0. The number of rotatable bonds is 4. The molecule has 0 atom stereocenters. The molecule has 26 heavy (non-hydrogen) atoms. The quantitative estimate of drug-likeness (QED) is 0.316. The van der Waals surface area contributed by atoms with Crippen molar-refractivity contribution in [2.75, 3.05) is 24.0 Å². The molecule has 12 heteroatoms. The van der Waals surface area contributed by atoms with Crippen LogP contribution in [0.5, 0.6) is 0 Å². The Bertz CT molecular complexity index is 677. The van der Waals surface area contributed by atoms with Gasteiger partial charge < -0.3 is 0 Å². The zero-order valence-electron chi connectivity index (χ0n) is 13.4. The second-order valence-electron chi connectivity index (χ2n) is 4.69. The highest BCUT2D eigenvalue weighted by Gasteiger charge is 2.36. The second-order valence-corrected chi connectivity index (χ2v) is 17.4. The van der Waals surface area contributed by atoms with Crippen molar-refractivity contribution < 1.29 is 0 Å². The van der Waals surface area contributed by atoms with Crippen molar-refractivity contribution in [2.24, 2.45) is 0 Å². The van der Waals surface area contributed by atoms with Crippen LogP contribution in [0.4, 0.5) is 0 Å². The first-order valence-corrected chi connectivity index (χ1v) is 17.3. The molecule has 4 aliphatic rings. The minimum Gasteiger partial charge on any atom is -0.174 e. The van der Waals surface area contributed by atoms with Crippen molar-refractivity contribution in [2.45, 2.75) is 0 Å². The third kappa shape index (κ3) is 4.56. The molecule has 0 radical (unpaired) electrons. The highest BCUT2D eigenvalue weighted by Crippen LogP contribution is 2.72. The van der Waals surface area contributed by atoms with Gasteiger partial charge in [0.25, 0.3) is 0 Å². The zero-order valence-corrected chi connectivity index (χ0v) is 23.3. The molecule has 4 rings (SSSR count). The Morgan fingerprint density at radius 1 is 0.538 bits per heavy atom. The van der Waals surface area contributed by atoms with Gasteiger partial charge in [-0.3, -0.25) is 0 Å². The summed E-state index contributed by atoms with van der Waals surface area (Å²) in [6.07, 6.45) is 4.35. The van der Waals surface area contributed by atoms with Crippen LogP contribution in [-0.4, -0.2) is 24.0 Å². The molecular weight excluding hydrogens is 553 g/mol. The number of hydrogen-bond donors (Lipinski definition) is 2. The Morgan fingerprint density at radius 3 is 1.15 bits per heavy atom. The van der Waals surface area contributed by atoms with Crippen molar-refractivity contribution in [1.29, 1.82) is 0 Å². The van der Waals surface area contributed by atoms with E-state index in [-0.39, 0.29) is 0 Å². The standard InChI is InChI=1S/C14H12S12/c1-17-7-8(18-2)22-11(21-7)12-25-13-14(26-12)24-10(23-13)9-19-5(3-15)6(4-16)20-9/h15-16H,3-4H2,1-2H3. The third-order valence-corrected chi connectivity index (χ3v) is 18.8. The summed E-state index contributed by atoms with van der Waals surface area (Å²) in [5.41, 5.74) is 0. The molecule has 0 amide bonds. The van der Waals surface area contributed by atoms with Gasteiger partial charge in [0, 0.05) is 21.3 Å². The SMILES string of the molecule is CSC1=C(SC)SC(=C2SC3=C(SC(=C4SC(CS)=C(CS)S4)S3)S2)S1. The van der Waals surface area contributed by atoms with Gasteiger partial charge in [0.1, 0.15) is 0 Å². The van der Waals surface area contributed by atoms with E-state index in [2.05, 4.69) is 37.8 Å². The van der Waals surface area contributed by atoms with Crippen molar-refractivity contribution >= 4 is 143 Å². The molecule has 0 aromatic carbocycles. The lowest BCUT2D eigenvalue weighted by Gasteiger charge is -2.07. The number of thiol groups is 2. The average molecular weight is 565 g/mol. The molecule has 0 spiro atoms. The first-order chi connectivity index (χ1) is 12.7. The van der Waals surface area contributed by atoms with E-state index in [1.807, 2.05) is 118 Å². The Morgan fingerprint density at radius 2 is 0.846 bits per heavy atom. The lowest BCUT2D eigenvalue weighted by atomic mass is 10.6. The molecule has 0 aliphatic carbocycles. The normalized spacial score (nSPS) is 23.5. The maximum Gasteiger partial charge on any atom is 0.0718 e.